The third-order valence-electron chi connectivity index (χ3n) is 2.93. The maximum atomic E-state index is 12.3. The number of aromatic nitrogens is 3. The molecule has 0 aliphatic rings. The monoisotopic (exact) mass is 319 g/mol. The van der Waals surface area contributed by atoms with Gasteiger partial charge in [0, 0.05) is 22.7 Å². The van der Waals surface area contributed by atoms with Crippen LogP contribution in [0.15, 0.2) is 40.1 Å². The maximum absolute atomic E-state index is 12.3. The minimum Gasteiger partial charge on any atom is -0.415 e. The molecule has 1 aromatic carbocycles. The molecule has 0 fully saturated rings. The predicted octanol–water partition coefficient (Wildman–Crippen LogP) is 3.39. The van der Waals surface area contributed by atoms with Crippen molar-refractivity contribution in [2.45, 2.75) is 11.0 Å². The van der Waals surface area contributed by atoms with Crippen LogP contribution in [0.3, 0.4) is 0 Å². The molecular weight excluding hydrogens is 306 g/mol. The molecule has 0 amide bonds. The SMILES string of the molecule is CSCc1nnc(SCC(=O)c2c[nH]c3ccccc23)o1. The Morgan fingerprint density at radius 3 is 3.05 bits per heavy atom. The van der Waals surface area contributed by atoms with Crippen LogP contribution in [0, 0.1) is 0 Å². The number of ketones is 1. The molecular formula is C14H13N3O2S2. The first-order chi connectivity index (χ1) is 10.3. The lowest BCUT2D eigenvalue weighted by Gasteiger charge is -1.97. The van der Waals surface area contributed by atoms with E-state index in [0.717, 1.165) is 10.9 Å². The summed E-state index contributed by atoms with van der Waals surface area (Å²) in [5.41, 5.74) is 1.66. The van der Waals surface area contributed by atoms with Crippen LogP contribution in [0.25, 0.3) is 10.9 Å². The molecule has 1 N–H and O–H groups in total. The van der Waals surface area contributed by atoms with E-state index < -0.39 is 0 Å². The fourth-order valence-electron chi connectivity index (χ4n) is 1.99. The van der Waals surface area contributed by atoms with Crippen LogP contribution in [-0.2, 0) is 5.75 Å². The molecule has 0 radical (unpaired) electrons. The van der Waals surface area contributed by atoms with Crippen molar-refractivity contribution in [2.75, 3.05) is 12.0 Å². The number of nitrogens with zero attached hydrogens (tertiary/aromatic N) is 2. The molecule has 21 heavy (non-hydrogen) atoms. The molecule has 7 heteroatoms. The average molecular weight is 319 g/mol. The fourth-order valence-corrected chi connectivity index (χ4v) is 3.01. The van der Waals surface area contributed by atoms with Gasteiger partial charge in [0.2, 0.25) is 5.89 Å². The van der Waals surface area contributed by atoms with Gasteiger partial charge in [-0.1, -0.05) is 30.0 Å². The van der Waals surface area contributed by atoms with Crippen molar-refractivity contribution in [3.63, 3.8) is 0 Å². The number of carbonyl (C=O) groups is 1. The number of Topliss-reactive ketones (excluding diaryl/α,β-unsaturated/α-hetero) is 1. The summed E-state index contributed by atoms with van der Waals surface area (Å²) in [7, 11) is 0. The highest BCUT2D eigenvalue weighted by atomic mass is 32.2. The van der Waals surface area contributed by atoms with Crippen LogP contribution >= 0.6 is 23.5 Å². The van der Waals surface area contributed by atoms with Crippen LogP contribution in [-0.4, -0.2) is 33.0 Å². The number of para-hydroxylation sites is 1. The minimum atomic E-state index is 0.0436. The number of rotatable bonds is 6. The van der Waals surface area contributed by atoms with Gasteiger partial charge in [-0.05, 0) is 12.3 Å². The molecule has 0 unspecified atom stereocenters. The molecule has 0 bridgehead atoms. The molecule has 0 saturated carbocycles. The lowest BCUT2D eigenvalue weighted by molar-refractivity contribution is 0.102. The lowest BCUT2D eigenvalue weighted by Crippen LogP contribution is -2.01. The Balaban J connectivity index is 1.68. The maximum Gasteiger partial charge on any atom is 0.277 e. The van der Waals surface area contributed by atoms with Crippen LogP contribution in [0.2, 0.25) is 0 Å². The van der Waals surface area contributed by atoms with E-state index in [-0.39, 0.29) is 11.5 Å². The summed E-state index contributed by atoms with van der Waals surface area (Å²) in [6, 6.07) is 7.75. The third-order valence-corrected chi connectivity index (χ3v) is 4.29. The number of benzene rings is 1. The van der Waals surface area contributed by atoms with E-state index in [1.54, 1.807) is 18.0 Å². The molecule has 0 aliphatic carbocycles. The molecule has 0 spiro atoms. The van der Waals surface area contributed by atoms with Gasteiger partial charge in [0.25, 0.3) is 5.22 Å². The highest BCUT2D eigenvalue weighted by Crippen LogP contribution is 2.23. The van der Waals surface area contributed by atoms with E-state index in [1.165, 1.54) is 11.8 Å². The summed E-state index contributed by atoms with van der Waals surface area (Å²) in [5, 5.41) is 9.22. The Kier molecular flexibility index (Phi) is 4.31. The minimum absolute atomic E-state index is 0.0436. The number of nitrogens with one attached hydrogen (secondary N) is 1. The zero-order valence-corrected chi connectivity index (χ0v) is 13.0. The lowest BCUT2D eigenvalue weighted by atomic mass is 10.1. The first-order valence-electron chi connectivity index (χ1n) is 6.31. The predicted molar refractivity (Wildman–Crippen MR) is 84.9 cm³/mol. The van der Waals surface area contributed by atoms with Gasteiger partial charge in [0.1, 0.15) is 0 Å². The fraction of sp³-hybridized carbons (Fsp3) is 0.214. The Morgan fingerprint density at radius 1 is 1.33 bits per heavy atom. The molecule has 108 valence electrons. The van der Waals surface area contributed by atoms with Crippen LogP contribution in [0.1, 0.15) is 16.2 Å². The van der Waals surface area contributed by atoms with Gasteiger partial charge in [0.05, 0.1) is 11.5 Å². The summed E-state index contributed by atoms with van der Waals surface area (Å²) in [6.07, 6.45) is 3.72. The number of carbonyl (C=O) groups excluding carboxylic acids is 1. The van der Waals surface area contributed by atoms with Gasteiger partial charge in [-0.2, -0.15) is 11.8 Å². The second kappa shape index (κ2) is 6.36. The Bertz CT molecular complexity index is 766. The molecule has 2 heterocycles. The van der Waals surface area contributed by atoms with E-state index in [4.69, 9.17) is 4.42 Å². The summed E-state index contributed by atoms with van der Waals surface area (Å²) >= 11 is 2.88. The van der Waals surface area contributed by atoms with Crippen molar-refractivity contribution < 1.29 is 9.21 Å². The summed E-state index contributed by atoms with van der Waals surface area (Å²) in [5.74, 6) is 1.60. The summed E-state index contributed by atoms with van der Waals surface area (Å²) in [4.78, 5) is 15.4. The van der Waals surface area contributed by atoms with E-state index in [2.05, 4.69) is 15.2 Å². The van der Waals surface area contributed by atoms with Crippen molar-refractivity contribution in [1.82, 2.24) is 15.2 Å². The van der Waals surface area contributed by atoms with Gasteiger partial charge >= 0.3 is 0 Å². The number of thioether (sulfide) groups is 2. The number of aromatic amines is 1. The zero-order valence-electron chi connectivity index (χ0n) is 11.3. The third kappa shape index (κ3) is 3.14. The second-order valence-corrected chi connectivity index (χ2v) is 6.15. The smallest absolute Gasteiger partial charge is 0.277 e. The van der Waals surface area contributed by atoms with Crippen molar-refractivity contribution in [1.29, 1.82) is 0 Å². The van der Waals surface area contributed by atoms with Crippen molar-refractivity contribution in [3.05, 3.63) is 41.9 Å². The normalized spacial score (nSPS) is 11.1. The number of fused-ring (bicyclic) bond motifs is 1. The molecule has 2 aromatic heterocycles. The van der Waals surface area contributed by atoms with E-state index in [0.29, 0.717) is 22.4 Å². The van der Waals surface area contributed by atoms with Crippen molar-refractivity contribution in [2.24, 2.45) is 0 Å². The Labute approximate surface area is 129 Å². The van der Waals surface area contributed by atoms with Crippen LogP contribution in [0.5, 0.6) is 0 Å². The molecule has 5 nitrogen and oxygen atoms in total. The standard InChI is InChI=1S/C14H13N3O2S2/c1-20-8-13-16-17-14(19-13)21-7-12(18)10-6-15-11-5-3-2-4-9(10)11/h2-6,15H,7-8H2,1H3. The van der Waals surface area contributed by atoms with Gasteiger partial charge in [-0.15, -0.1) is 10.2 Å². The van der Waals surface area contributed by atoms with Crippen molar-refractivity contribution >= 4 is 40.2 Å². The van der Waals surface area contributed by atoms with Gasteiger partial charge < -0.3 is 9.40 Å². The molecule has 0 saturated heterocycles. The van der Waals surface area contributed by atoms with Gasteiger partial charge in [-0.25, -0.2) is 0 Å². The highest BCUT2D eigenvalue weighted by Gasteiger charge is 2.14. The second-order valence-electron chi connectivity index (χ2n) is 4.35. The summed E-state index contributed by atoms with van der Waals surface area (Å²) < 4.78 is 5.44. The van der Waals surface area contributed by atoms with Crippen molar-refractivity contribution in [3.8, 4) is 0 Å². The zero-order chi connectivity index (χ0) is 14.7. The summed E-state index contributed by atoms with van der Waals surface area (Å²) in [6.45, 7) is 0. The number of H-pyrrole nitrogens is 1. The van der Waals surface area contributed by atoms with Gasteiger partial charge in [-0.3, -0.25) is 4.79 Å². The average Bonchev–Trinajstić information content (AvgIpc) is 3.12. The molecule has 3 rings (SSSR count). The van der Waals surface area contributed by atoms with Crippen LogP contribution < -0.4 is 0 Å². The molecule has 3 aromatic rings. The number of hydrogen-bond acceptors (Lipinski definition) is 6. The molecule has 0 aliphatic heterocycles. The first kappa shape index (κ1) is 14.2. The Hall–Kier alpha value is -1.73. The largest absolute Gasteiger partial charge is 0.415 e. The van der Waals surface area contributed by atoms with E-state index in [9.17, 15) is 4.79 Å². The highest BCUT2D eigenvalue weighted by molar-refractivity contribution is 7.99. The molecule has 0 atom stereocenters. The Morgan fingerprint density at radius 2 is 2.19 bits per heavy atom. The van der Waals surface area contributed by atoms with E-state index in [1.807, 2.05) is 30.5 Å². The first-order valence-corrected chi connectivity index (χ1v) is 8.69. The van der Waals surface area contributed by atoms with Crippen LogP contribution in [0.4, 0.5) is 0 Å². The van der Waals surface area contributed by atoms with Gasteiger partial charge in [0.15, 0.2) is 5.78 Å². The topological polar surface area (TPSA) is 71.8 Å². The number of hydrogen-bond donors (Lipinski definition) is 1. The van der Waals surface area contributed by atoms with E-state index >= 15 is 0 Å². The quantitative estimate of drug-likeness (QED) is 0.554.